The highest BCUT2D eigenvalue weighted by molar-refractivity contribution is 4.65. The number of hydrogen-bond donors (Lipinski definition) is 0. The minimum atomic E-state index is 0.500. The van der Waals surface area contributed by atoms with E-state index in [-0.39, 0.29) is 0 Å². The van der Waals surface area contributed by atoms with Gasteiger partial charge >= 0.3 is 0 Å². The molecule has 0 radical (unpaired) electrons. The second kappa shape index (κ2) is 51.4. The van der Waals surface area contributed by atoms with Crippen LogP contribution in [0.15, 0.2) is 0 Å². The molecule has 0 spiro atoms. The molecule has 0 bridgehead atoms. The lowest BCUT2D eigenvalue weighted by Crippen LogP contribution is -2.12. The maximum absolute atomic E-state index is 2.31. The molecule has 0 nitrogen and oxygen atoms in total. The van der Waals surface area contributed by atoms with Crippen molar-refractivity contribution in [3.05, 3.63) is 0 Å². The Morgan fingerprint density at radius 2 is 0.619 bits per heavy atom. The van der Waals surface area contributed by atoms with Gasteiger partial charge in [-0.25, -0.2) is 0 Å². The second-order valence-corrected chi connectivity index (χ2v) is 25.9. The molecule has 0 heterocycles. The van der Waals surface area contributed by atoms with Crippen molar-refractivity contribution >= 4 is 0 Å². The zero-order valence-electron chi connectivity index (χ0n) is 52.9. The highest BCUT2D eigenvalue weighted by Gasteiger charge is 2.14. The van der Waals surface area contributed by atoms with Crippen LogP contribution in [0.25, 0.3) is 0 Å². The van der Waals surface area contributed by atoms with Crippen LogP contribution in [-0.2, 0) is 0 Å². The molecule has 0 aromatic carbocycles. The van der Waals surface area contributed by atoms with E-state index in [1.807, 2.05) is 0 Å². The minimum absolute atomic E-state index is 0.500. The SMILES string of the molecule is CC(C)C(C)(C)C.CC(C)CC(C)C.CCC(C)(C)CC.CCC(C)(C)CC.CCC(CC)CC.CCCC(C)(C)C.CCCC(C)(C)C.CCCC(C)CC.CC[C@H](C)C(C)C. The standard InChI is InChI=1S/9C7H16/c1-6(2)7(3,4)5;1-6(2)5-7(3)4;2*1-5-6-7(2,3)4;2*1-5-7(3,4)6-2;1-5-7(4)6(2)3;1-4-6-7(3)5-2;1-4-7(5-2)6-3/h6H,1-5H3;6-7H,5H2,1-4H3;4*5-6H2,1-4H3;6-7H,5H2,1-4H3;2*7H,4-6H2,1-3H3/t;;;;;;7-;;/m......0../s1. The smallest absolute Gasteiger partial charge is 0.0359 e. The Hall–Kier alpha value is 0. The Morgan fingerprint density at radius 1 is 0.349 bits per heavy atom. The molecular weight excluding hydrogens is 757 g/mol. The summed E-state index contributed by atoms with van der Waals surface area (Å²) in [6.45, 7) is 79.3. The van der Waals surface area contributed by atoms with Gasteiger partial charge in [-0.3, -0.25) is 0 Å². The van der Waals surface area contributed by atoms with Crippen LogP contribution in [0.1, 0.15) is 345 Å². The third-order valence-electron chi connectivity index (χ3n) is 13.5. The molecule has 0 aliphatic carbocycles. The lowest BCUT2D eigenvalue weighted by Gasteiger charge is -2.22. The summed E-state index contributed by atoms with van der Waals surface area (Å²) in [5.74, 6) is 6.25. The van der Waals surface area contributed by atoms with Gasteiger partial charge in [-0.1, -0.05) is 326 Å². The molecule has 0 N–H and O–H groups in total. The van der Waals surface area contributed by atoms with Gasteiger partial charge in [0.25, 0.3) is 0 Å². The largest absolute Gasteiger partial charge is 0.0654 e. The summed E-state index contributed by atoms with van der Waals surface area (Å²) in [4.78, 5) is 0. The van der Waals surface area contributed by atoms with Crippen molar-refractivity contribution in [1.29, 1.82) is 0 Å². The molecule has 0 heteroatoms. The molecular formula is C63H144. The molecule has 1 unspecified atom stereocenters. The molecule has 0 aliphatic rings. The van der Waals surface area contributed by atoms with E-state index in [0.717, 1.165) is 41.4 Å². The molecule has 0 aliphatic heterocycles. The Kier molecular flexibility index (Phi) is 67.7. The van der Waals surface area contributed by atoms with E-state index in [0.29, 0.717) is 27.1 Å². The number of hydrogen-bond acceptors (Lipinski definition) is 0. The first-order chi connectivity index (χ1) is 28.3. The predicted molar refractivity (Wildman–Crippen MR) is 309 cm³/mol. The fraction of sp³-hybridized carbons (Fsp3) is 1.00. The predicted octanol–water partition coefficient (Wildman–Crippen LogP) is 25.1. The molecule has 0 saturated heterocycles. The molecule has 0 fully saturated rings. The van der Waals surface area contributed by atoms with Crippen LogP contribution in [0, 0.1) is 68.5 Å². The lowest BCUT2D eigenvalue weighted by molar-refractivity contribution is 0.283. The van der Waals surface area contributed by atoms with E-state index >= 15 is 0 Å². The van der Waals surface area contributed by atoms with Gasteiger partial charge in [0.05, 0.1) is 0 Å². The van der Waals surface area contributed by atoms with Gasteiger partial charge in [-0.15, -0.1) is 0 Å². The molecule has 0 saturated carbocycles. The summed E-state index contributed by atoms with van der Waals surface area (Å²) >= 11 is 0. The summed E-state index contributed by atoms with van der Waals surface area (Å²) < 4.78 is 0. The highest BCUT2D eigenvalue weighted by Crippen LogP contribution is 2.25. The van der Waals surface area contributed by atoms with Gasteiger partial charge < -0.3 is 0 Å². The van der Waals surface area contributed by atoms with Crippen molar-refractivity contribution in [2.75, 3.05) is 0 Å². The van der Waals surface area contributed by atoms with Crippen molar-refractivity contribution in [1.82, 2.24) is 0 Å². The van der Waals surface area contributed by atoms with E-state index in [2.05, 4.69) is 242 Å². The fourth-order valence-electron chi connectivity index (χ4n) is 4.98. The van der Waals surface area contributed by atoms with E-state index in [1.54, 1.807) is 0 Å². The van der Waals surface area contributed by atoms with E-state index in [9.17, 15) is 0 Å². The van der Waals surface area contributed by atoms with Crippen LogP contribution in [-0.4, -0.2) is 0 Å². The second-order valence-electron chi connectivity index (χ2n) is 25.9. The van der Waals surface area contributed by atoms with Crippen LogP contribution in [0.3, 0.4) is 0 Å². The Morgan fingerprint density at radius 3 is 0.635 bits per heavy atom. The maximum Gasteiger partial charge on any atom is -0.0359 e. The van der Waals surface area contributed by atoms with E-state index in [1.165, 1.54) is 103 Å². The summed E-state index contributed by atoms with van der Waals surface area (Å²) in [5.41, 5.74) is 2.77. The van der Waals surface area contributed by atoms with Gasteiger partial charge in [-0.05, 0) is 87.8 Å². The highest BCUT2D eigenvalue weighted by atomic mass is 14.2. The minimum Gasteiger partial charge on any atom is -0.0654 e. The average molecular weight is 902 g/mol. The summed E-state index contributed by atoms with van der Waals surface area (Å²) in [6.07, 6.45) is 21.3. The third-order valence-corrected chi connectivity index (χ3v) is 13.5. The van der Waals surface area contributed by atoms with Crippen molar-refractivity contribution in [2.24, 2.45) is 68.5 Å². The molecule has 63 heavy (non-hydrogen) atoms. The zero-order valence-corrected chi connectivity index (χ0v) is 52.9. The van der Waals surface area contributed by atoms with Crippen LogP contribution in [0.4, 0.5) is 0 Å². The first-order valence-corrected chi connectivity index (χ1v) is 28.3. The van der Waals surface area contributed by atoms with Gasteiger partial charge in [0.2, 0.25) is 0 Å². The first-order valence-electron chi connectivity index (χ1n) is 28.3. The summed E-state index contributed by atoms with van der Waals surface area (Å²) in [7, 11) is 0. The Labute approximate surface area is 411 Å². The van der Waals surface area contributed by atoms with Crippen molar-refractivity contribution in [3.63, 3.8) is 0 Å². The monoisotopic (exact) mass is 901 g/mol. The maximum atomic E-state index is 2.31. The average Bonchev–Trinajstić information content (AvgIpc) is 3.15. The van der Waals surface area contributed by atoms with Gasteiger partial charge in [-0.2, -0.15) is 0 Å². The zero-order chi connectivity index (χ0) is 52.9. The van der Waals surface area contributed by atoms with Gasteiger partial charge in [0.15, 0.2) is 0 Å². The molecule has 0 aromatic rings. The van der Waals surface area contributed by atoms with Crippen LogP contribution in [0.2, 0.25) is 0 Å². The molecule has 396 valence electrons. The van der Waals surface area contributed by atoms with Crippen LogP contribution in [0.5, 0.6) is 0 Å². The van der Waals surface area contributed by atoms with Crippen molar-refractivity contribution in [3.8, 4) is 0 Å². The van der Waals surface area contributed by atoms with Gasteiger partial charge in [0.1, 0.15) is 0 Å². The van der Waals surface area contributed by atoms with Crippen molar-refractivity contribution < 1.29 is 0 Å². The quantitative estimate of drug-likeness (QED) is 0.145. The molecule has 0 aromatic heterocycles. The fourth-order valence-corrected chi connectivity index (χ4v) is 4.98. The van der Waals surface area contributed by atoms with E-state index < -0.39 is 0 Å². The summed E-state index contributed by atoms with van der Waals surface area (Å²) in [6, 6.07) is 0. The molecule has 2 atom stereocenters. The number of rotatable bonds is 16. The normalized spacial score (nSPS) is 12.4. The Bertz CT molecular complexity index is 701. The Balaban J connectivity index is -0.0000000744. The van der Waals surface area contributed by atoms with Crippen LogP contribution < -0.4 is 0 Å². The molecule has 0 amide bonds. The third kappa shape index (κ3) is 101. The lowest BCUT2D eigenvalue weighted by atomic mass is 9.84. The topological polar surface area (TPSA) is 0 Å². The van der Waals surface area contributed by atoms with Crippen molar-refractivity contribution in [2.45, 2.75) is 345 Å². The summed E-state index contributed by atoms with van der Waals surface area (Å²) in [5, 5.41) is 0. The van der Waals surface area contributed by atoms with E-state index in [4.69, 9.17) is 0 Å². The molecule has 0 rings (SSSR count). The van der Waals surface area contributed by atoms with Gasteiger partial charge in [0, 0.05) is 0 Å². The first kappa shape index (κ1) is 83.0. The van der Waals surface area contributed by atoms with Crippen LogP contribution >= 0.6 is 0 Å².